The molecule has 0 radical (unpaired) electrons. The van der Waals surface area contributed by atoms with Crippen LogP contribution in [0.4, 0.5) is 17.1 Å². The zero-order valence-corrected chi connectivity index (χ0v) is 30.9. The number of allylic oxidation sites excluding steroid dienone is 4. The molecule has 3 aliphatic carbocycles. The molecule has 7 aromatic rings. The Balaban J connectivity index is 1.18. The number of anilines is 3. The van der Waals surface area contributed by atoms with E-state index < -0.39 is 0 Å². The molecule has 0 heterocycles. The molecule has 53 heavy (non-hydrogen) atoms. The van der Waals surface area contributed by atoms with Gasteiger partial charge in [0.25, 0.3) is 0 Å². The van der Waals surface area contributed by atoms with E-state index in [1.807, 2.05) is 0 Å². The van der Waals surface area contributed by atoms with Gasteiger partial charge in [-0.25, -0.2) is 0 Å². The molecule has 0 unspecified atom stereocenters. The maximum atomic E-state index is 2.57. The van der Waals surface area contributed by atoms with Crippen molar-refractivity contribution >= 4 is 33.4 Å². The molecule has 256 valence electrons. The van der Waals surface area contributed by atoms with E-state index in [1.165, 1.54) is 77.7 Å². The minimum Gasteiger partial charge on any atom is -0.310 e. The monoisotopic (exact) mass is 681 g/mol. The van der Waals surface area contributed by atoms with Crippen LogP contribution in [-0.2, 0) is 10.8 Å². The molecule has 7 aromatic carbocycles. The summed E-state index contributed by atoms with van der Waals surface area (Å²) in [6.07, 6.45) is 7.05. The van der Waals surface area contributed by atoms with Gasteiger partial charge < -0.3 is 4.90 Å². The van der Waals surface area contributed by atoms with Gasteiger partial charge in [0.2, 0.25) is 0 Å². The third kappa shape index (κ3) is 4.84. The summed E-state index contributed by atoms with van der Waals surface area (Å²) < 4.78 is 0. The number of nitrogens with zero attached hydrogens (tertiary/aromatic N) is 1. The molecule has 0 atom stereocenters. The third-order valence-corrected chi connectivity index (χ3v) is 12.4. The van der Waals surface area contributed by atoms with Gasteiger partial charge in [0, 0.05) is 27.6 Å². The van der Waals surface area contributed by atoms with Crippen molar-refractivity contribution in [2.24, 2.45) is 0 Å². The van der Waals surface area contributed by atoms with E-state index in [2.05, 4.69) is 196 Å². The predicted octanol–water partition coefficient (Wildman–Crippen LogP) is 14.3. The summed E-state index contributed by atoms with van der Waals surface area (Å²) >= 11 is 0. The van der Waals surface area contributed by atoms with E-state index in [0.717, 1.165) is 24.2 Å². The molecule has 10 rings (SSSR count). The Bertz CT molecular complexity index is 2540. The number of hydrogen-bond acceptors (Lipinski definition) is 1. The van der Waals surface area contributed by atoms with E-state index in [4.69, 9.17) is 0 Å². The molecule has 1 nitrogen and oxygen atoms in total. The molecule has 0 aliphatic heterocycles. The smallest absolute Gasteiger partial charge is 0.0543 e. The van der Waals surface area contributed by atoms with Crippen LogP contribution in [0.1, 0.15) is 62.8 Å². The second kappa shape index (κ2) is 11.8. The van der Waals surface area contributed by atoms with Crippen LogP contribution in [0.2, 0.25) is 0 Å². The normalized spacial score (nSPS) is 15.9. The van der Waals surface area contributed by atoms with Gasteiger partial charge >= 0.3 is 0 Å². The Morgan fingerprint density at radius 3 is 1.58 bits per heavy atom. The summed E-state index contributed by atoms with van der Waals surface area (Å²) in [6, 6.07) is 56.2. The lowest BCUT2D eigenvalue weighted by atomic mass is 9.77. The second-order valence-electron chi connectivity index (χ2n) is 16.1. The first-order valence-corrected chi connectivity index (χ1v) is 19.1. The lowest BCUT2D eigenvalue weighted by Gasteiger charge is -2.30. The maximum absolute atomic E-state index is 2.57. The molecule has 1 heteroatoms. The van der Waals surface area contributed by atoms with Crippen molar-refractivity contribution in [2.75, 3.05) is 4.90 Å². The molecule has 0 saturated heterocycles. The van der Waals surface area contributed by atoms with Crippen LogP contribution in [0.3, 0.4) is 0 Å². The lowest BCUT2D eigenvalue weighted by Crippen LogP contribution is -2.19. The predicted molar refractivity (Wildman–Crippen MR) is 225 cm³/mol. The largest absolute Gasteiger partial charge is 0.310 e. The molecule has 0 fully saturated rings. The molecule has 0 N–H and O–H groups in total. The first-order valence-electron chi connectivity index (χ1n) is 19.1. The summed E-state index contributed by atoms with van der Waals surface area (Å²) in [5, 5.41) is 2.57. The highest BCUT2D eigenvalue weighted by Crippen LogP contribution is 2.59. The van der Waals surface area contributed by atoms with Gasteiger partial charge in [0.1, 0.15) is 0 Å². The second-order valence-corrected chi connectivity index (χ2v) is 16.1. The first-order chi connectivity index (χ1) is 25.8. The van der Waals surface area contributed by atoms with Crippen molar-refractivity contribution in [3.63, 3.8) is 0 Å². The fourth-order valence-electron chi connectivity index (χ4n) is 9.56. The summed E-state index contributed by atoms with van der Waals surface area (Å²) in [6.45, 7) is 9.74. The van der Waals surface area contributed by atoms with Crippen molar-refractivity contribution in [1.29, 1.82) is 0 Å². The fourth-order valence-corrected chi connectivity index (χ4v) is 9.56. The SMILES string of the molecule is CC1(C)C2=C(C=CCC2)c2cc3c(cc21)-c1c(cc(N(c2ccc(-c4ccccc4)cc2)c2ccc(-c4ccccc4)cc2)c2ccccc12)C3(C)C. The van der Waals surface area contributed by atoms with Crippen LogP contribution in [-0.4, -0.2) is 0 Å². The highest BCUT2D eigenvalue weighted by Gasteiger charge is 2.43. The van der Waals surface area contributed by atoms with E-state index in [0.29, 0.717) is 0 Å². The molecular weight excluding hydrogens is 639 g/mol. The topological polar surface area (TPSA) is 3.24 Å². The average molecular weight is 682 g/mol. The molecule has 0 bridgehead atoms. The van der Waals surface area contributed by atoms with E-state index in [-0.39, 0.29) is 10.8 Å². The zero-order valence-electron chi connectivity index (χ0n) is 30.9. The first kappa shape index (κ1) is 31.8. The van der Waals surface area contributed by atoms with E-state index in [1.54, 1.807) is 5.57 Å². The van der Waals surface area contributed by atoms with Crippen LogP contribution >= 0.6 is 0 Å². The molecule has 0 amide bonds. The van der Waals surface area contributed by atoms with Crippen LogP contribution < -0.4 is 4.90 Å². The molecular formula is C52H43N. The molecule has 0 spiro atoms. The lowest BCUT2D eigenvalue weighted by molar-refractivity contribution is 0.606. The average Bonchev–Trinajstić information content (AvgIpc) is 3.57. The summed E-state index contributed by atoms with van der Waals surface area (Å²) in [5.74, 6) is 0. The standard InChI is InChI=1S/C52H43N/c1-51(2)45-22-14-13-19-40(45)43-31-47-44(32-46(43)51)50-42-21-12-11-20-41(42)49(33-48(50)52(47,3)4)53(38-27-23-36(24-28-38)34-15-7-5-8-16-34)39-29-25-37(26-30-39)35-17-9-6-10-18-35/h5-13,15-21,23-33H,14,22H2,1-4H3. The van der Waals surface area contributed by atoms with Crippen LogP contribution in [0.15, 0.2) is 169 Å². The van der Waals surface area contributed by atoms with Crippen molar-refractivity contribution in [3.8, 4) is 33.4 Å². The number of fused-ring (bicyclic) bond motifs is 7. The minimum atomic E-state index is -0.176. The Hall–Kier alpha value is -5.92. The fraction of sp³-hybridized carbons (Fsp3) is 0.154. The van der Waals surface area contributed by atoms with Crippen LogP contribution in [0, 0.1) is 0 Å². The quantitative estimate of drug-likeness (QED) is 0.175. The van der Waals surface area contributed by atoms with Gasteiger partial charge in [-0.2, -0.15) is 0 Å². The third-order valence-electron chi connectivity index (χ3n) is 12.4. The van der Waals surface area contributed by atoms with E-state index in [9.17, 15) is 0 Å². The van der Waals surface area contributed by atoms with Crippen molar-refractivity contribution in [1.82, 2.24) is 0 Å². The Morgan fingerprint density at radius 1 is 0.472 bits per heavy atom. The number of rotatable bonds is 5. The van der Waals surface area contributed by atoms with Crippen molar-refractivity contribution in [2.45, 2.75) is 51.4 Å². The van der Waals surface area contributed by atoms with Gasteiger partial charge in [-0.05, 0) is 122 Å². The van der Waals surface area contributed by atoms with E-state index >= 15 is 0 Å². The van der Waals surface area contributed by atoms with Gasteiger partial charge in [-0.15, -0.1) is 0 Å². The molecule has 3 aliphatic rings. The number of hydrogen-bond donors (Lipinski definition) is 0. The summed E-state index contributed by atoms with van der Waals surface area (Å²) in [5.41, 5.74) is 19.8. The Kier molecular flexibility index (Phi) is 7.08. The van der Waals surface area contributed by atoms with Crippen LogP contribution in [0.25, 0.3) is 49.7 Å². The number of benzene rings is 7. The van der Waals surface area contributed by atoms with Crippen molar-refractivity contribution in [3.05, 3.63) is 192 Å². The zero-order chi connectivity index (χ0) is 35.9. The highest BCUT2D eigenvalue weighted by molar-refractivity contribution is 6.10. The summed E-state index contributed by atoms with van der Waals surface area (Å²) in [4.78, 5) is 2.47. The summed E-state index contributed by atoms with van der Waals surface area (Å²) in [7, 11) is 0. The maximum Gasteiger partial charge on any atom is 0.0543 e. The van der Waals surface area contributed by atoms with Crippen LogP contribution in [0.5, 0.6) is 0 Å². The minimum absolute atomic E-state index is 0.0295. The Morgan fingerprint density at radius 2 is 0.981 bits per heavy atom. The molecule has 0 aromatic heterocycles. The molecule has 0 saturated carbocycles. The Labute approximate surface area is 313 Å². The van der Waals surface area contributed by atoms with Gasteiger partial charge in [0.05, 0.1) is 5.69 Å². The van der Waals surface area contributed by atoms with Gasteiger partial charge in [-0.1, -0.05) is 155 Å². The highest BCUT2D eigenvalue weighted by atomic mass is 15.1. The van der Waals surface area contributed by atoms with Crippen molar-refractivity contribution < 1.29 is 0 Å². The van der Waals surface area contributed by atoms with Gasteiger partial charge in [0.15, 0.2) is 0 Å². The van der Waals surface area contributed by atoms with Gasteiger partial charge in [-0.3, -0.25) is 0 Å².